The van der Waals surface area contributed by atoms with Gasteiger partial charge in [-0.05, 0) is 18.1 Å². The second kappa shape index (κ2) is 5.61. The van der Waals surface area contributed by atoms with Gasteiger partial charge in [0.1, 0.15) is 19.8 Å². The summed E-state index contributed by atoms with van der Waals surface area (Å²) in [5, 5.41) is 4.15. The predicted octanol–water partition coefficient (Wildman–Crippen LogP) is 2.04. The average molecular weight is 314 g/mol. The van der Waals surface area contributed by atoms with Crippen LogP contribution in [0.3, 0.4) is 0 Å². The van der Waals surface area contributed by atoms with Crippen LogP contribution < -0.4 is 9.47 Å². The van der Waals surface area contributed by atoms with E-state index in [0.29, 0.717) is 24.7 Å². The molecule has 1 aliphatic heterocycles. The van der Waals surface area contributed by atoms with E-state index in [0.717, 1.165) is 17.5 Å². The fourth-order valence-electron chi connectivity index (χ4n) is 2.96. The first-order valence-corrected chi connectivity index (χ1v) is 7.75. The molecule has 0 amide bonds. The van der Waals surface area contributed by atoms with Crippen LogP contribution >= 0.6 is 0 Å². The second-order valence-corrected chi connectivity index (χ2v) is 5.95. The number of esters is 1. The van der Waals surface area contributed by atoms with Gasteiger partial charge in [0.25, 0.3) is 0 Å². The number of hydrogen-bond acceptors (Lipinski definition) is 5. The molecular weight excluding hydrogens is 296 g/mol. The van der Waals surface area contributed by atoms with Crippen molar-refractivity contribution >= 4 is 5.97 Å². The van der Waals surface area contributed by atoms with Crippen LogP contribution in [0.1, 0.15) is 23.5 Å². The van der Waals surface area contributed by atoms with Gasteiger partial charge in [0.15, 0.2) is 11.5 Å². The normalized spacial score (nSPS) is 21.8. The smallest absolute Gasteiger partial charge is 0.309 e. The first kappa shape index (κ1) is 14.1. The highest BCUT2D eigenvalue weighted by Crippen LogP contribution is 2.48. The summed E-state index contributed by atoms with van der Waals surface area (Å²) >= 11 is 0. The lowest BCUT2D eigenvalue weighted by Gasteiger charge is -2.20. The highest BCUT2D eigenvalue weighted by Gasteiger charge is 2.45. The molecule has 0 bridgehead atoms. The molecule has 2 heterocycles. The Kier molecular flexibility index (Phi) is 3.44. The van der Waals surface area contributed by atoms with Crippen molar-refractivity contribution in [3.8, 4) is 11.5 Å². The zero-order valence-corrected chi connectivity index (χ0v) is 12.9. The van der Waals surface area contributed by atoms with E-state index in [4.69, 9.17) is 14.2 Å². The van der Waals surface area contributed by atoms with Gasteiger partial charge in [-0.15, -0.1) is 0 Å². The van der Waals surface area contributed by atoms with Crippen LogP contribution in [0.25, 0.3) is 0 Å². The van der Waals surface area contributed by atoms with Gasteiger partial charge in [-0.2, -0.15) is 5.10 Å². The predicted molar refractivity (Wildman–Crippen MR) is 81.3 cm³/mol. The Balaban J connectivity index is 1.38. The van der Waals surface area contributed by atoms with Crippen molar-refractivity contribution in [3.63, 3.8) is 0 Å². The number of aryl methyl sites for hydroxylation is 1. The number of carbonyl (C=O) groups is 1. The molecule has 0 N–H and O–H groups in total. The highest BCUT2D eigenvalue weighted by atomic mass is 16.6. The van der Waals surface area contributed by atoms with Crippen molar-refractivity contribution in [2.45, 2.75) is 18.9 Å². The molecule has 6 heteroatoms. The number of rotatable bonds is 4. The quantitative estimate of drug-likeness (QED) is 0.808. The van der Waals surface area contributed by atoms with Crippen LogP contribution in [-0.2, 0) is 23.2 Å². The van der Waals surface area contributed by atoms with Gasteiger partial charge in [0, 0.05) is 24.7 Å². The summed E-state index contributed by atoms with van der Waals surface area (Å²) in [4.78, 5) is 12.2. The number of benzene rings is 1. The molecule has 6 nitrogen and oxygen atoms in total. The Labute approximate surface area is 134 Å². The van der Waals surface area contributed by atoms with Crippen LogP contribution in [0.15, 0.2) is 30.6 Å². The van der Waals surface area contributed by atoms with Crippen LogP contribution in [-0.4, -0.2) is 29.0 Å². The fourth-order valence-corrected chi connectivity index (χ4v) is 2.96. The number of carbonyl (C=O) groups excluding carboxylic acids is 1. The number of fused-ring (bicyclic) bond motifs is 1. The number of nitrogens with zero attached hydrogens (tertiary/aromatic N) is 2. The Bertz CT molecular complexity index is 740. The molecule has 1 aromatic heterocycles. The molecule has 0 spiro atoms. The first-order valence-electron chi connectivity index (χ1n) is 7.75. The maximum atomic E-state index is 12.2. The third-order valence-electron chi connectivity index (χ3n) is 4.26. The van der Waals surface area contributed by atoms with Crippen molar-refractivity contribution in [2.75, 3.05) is 13.2 Å². The minimum absolute atomic E-state index is 0.0593. The Hall–Kier alpha value is -2.50. The molecule has 1 aliphatic carbocycles. The topological polar surface area (TPSA) is 62.6 Å². The average Bonchev–Trinajstić information content (AvgIpc) is 3.27. The SMILES string of the molecule is Cn1cc([C@H]2C[C@@H]2C(=O)OCc2cccc3c2OCCO3)cn1. The van der Waals surface area contributed by atoms with Crippen LogP contribution in [0.5, 0.6) is 11.5 Å². The van der Waals surface area contributed by atoms with Gasteiger partial charge < -0.3 is 14.2 Å². The summed E-state index contributed by atoms with van der Waals surface area (Å²) in [7, 11) is 1.87. The van der Waals surface area contributed by atoms with E-state index in [9.17, 15) is 4.79 Å². The molecule has 23 heavy (non-hydrogen) atoms. The summed E-state index contributed by atoms with van der Waals surface area (Å²) in [6.45, 7) is 1.27. The van der Waals surface area contributed by atoms with E-state index in [1.165, 1.54) is 0 Å². The first-order chi connectivity index (χ1) is 11.2. The fraction of sp³-hybridized carbons (Fsp3) is 0.412. The largest absolute Gasteiger partial charge is 0.486 e. The van der Waals surface area contributed by atoms with E-state index < -0.39 is 0 Å². The maximum Gasteiger partial charge on any atom is 0.309 e. The maximum absolute atomic E-state index is 12.2. The van der Waals surface area contributed by atoms with Gasteiger partial charge in [0.2, 0.25) is 0 Å². The van der Waals surface area contributed by atoms with Crippen molar-refractivity contribution in [3.05, 3.63) is 41.7 Å². The lowest BCUT2D eigenvalue weighted by molar-refractivity contribution is -0.146. The summed E-state index contributed by atoms with van der Waals surface area (Å²) in [6, 6.07) is 5.64. The molecule has 2 atom stereocenters. The van der Waals surface area contributed by atoms with Gasteiger partial charge in [0.05, 0.1) is 12.1 Å². The van der Waals surface area contributed by atoms with Crippen molar-refractivity contribution in [2.24, 2.45) is 13.0 Å². The summed E-state index contributed by atoms with van der Waals surface area (Å²) in [6.07, 6.45) is 4.60. The number of para-hydroxylation sites is 1. The Morgan fingerprint density at radius 2 is 2.26 bits per heavy atom. The lowest BCUT2D eigenvalue weighted by atomic mass is 10.2. The minimum Gasteiger partial charge on any atom is -0.486 e. The summed E-state index contributed by atoms with van der Waals surface area (Å²) in [5.41, 5.74) is 1.94. The van der Waals surface area contributed by atoms with Gasteiger partial charge in [-0.3, -0.25) is 9.48 Å². The standard InChI is InChI=1S/C17H18N2O4/c1-19-9-12(8-18-19)13-7-14(13)17(20)23-10-11-3-2-4-15-16(11)22-6-5-21-15/h2-4,8-9,13-14H,5-7,10H2,1H3/t13-,14+/m1/s1. The van der Waals surface area contributed by atoms with Crippen LogP contribution in [0.4, 0.5) is 0 Å². The molecule has 0 unspecified atom stereocenters. The minimum atomic E-state index is -0.159. The Morgan fingerprint density at radius 1 is 1.39 bits per heavy atom. The van der Waals surface area contributed by atoms with E-state index in [-0.39, 0.29) is 24.4 Å². The van der Waals surface area contributed by atoms with E-state index >= 15 is 0 Å². The molecule has 1 aromatic carbocycles. The zero-order chi connectivity index (χ0) is 15.8. The number of hydrogen-bond donors (Lipinski definition) is 0. The van der Waals surface area contributed by atoms with E-state index in [1.54, 1.807) is 4.68 Å². The number of ether oxygens (including phenoxy) is 3. The molecule has 0 radical (unpaired) electrons. The molecule has 4 rings (SSSR count). The van der Waals surface area contributed by atoms with Gasteiger partial charge in [-0.1, -0.05) is 12.1 Å². The van der Waals surface area contributed by atoms with Crippen molar-refractivity contribution < 1.29 is 19.0 Å². The molecular formula is C17H18N2O4. The third-order valence-corrected chi connectivity index (χ3v) is 4.26. The van der Waals surface area contributed by atoms with Crippen molar-refractivity contribution in [1.29, 1.82) is 0 Å². The lowest BCUT2D eigenvalue weighted by Crippen LogP contribution is -2.17. The molecule has 120 valence electrons. The third kappa shape index (κ3) is 2.76. The van der Waals surface area contributed by atoms with E-state index in [1.807, 2.05) is 37.6 Å². The van der Waals surface area contributed by atoms with Crippen LogP contribution in [0.2, 0.25) is 0 Å². The van der Waals surface area contributed by atoms with Gasteiger partial charge in [-0.25, -0.2) is 0 Å². The molecule has 1 saturated carbocycles. The summed E-state index contributed by atoms with van der Waals surface area (Å²) < 4.78 is 18.4. The molecule has 2 aliphatic rings. The second-order valence-electron chi connectivity index (χ2n) is 5.95. The zero-order valence-electron chi connectivity index (χ0n) is 12.9. The van der Waals surface area contributed by atoms with Gasteiger partial charge >= 0.3 is 5.97 Å². The summed E-state index contributed by atoms with van der Waals surface area (Å²) in [5.74, 6) is 1.42. The monoisotopic (exact) mass is 314 g/mol. The van der Waals surface area contributed by atoms with Crippen LogP contribution in [0, 0.1) is 5.92 Å². The number of aromatic nitrogens is 2. The molecule has 2 aromatic rings. The Morgan fingerprint density at radius 3 is 3.09 bits per heavy atom. The van der Waals surface area contributed by atoms with Crippen molar-refractivity contribution in [1.82, 2.24) is 9.78 Å². The molecule has 1 fully saturated rings. The highest BCUT2D eigenvalue weighted by molar-refractivity contribution is 5.77. The van der Waals surface area contributed by atoms with E-state index in [2.05, 4.69) is 5.10 Å². The molecule has 0 saturated heterocycles.